The molecule has 1 saturated heterocycles. The Morgan fingerprint density at radius 1 is 1.21 bits per heavy atom. The normalized spacial score (nSPS) is 17.4. The molecule has 104 valence electrons. The molecule has 2 rings (SSSR count). The summed E-state index contributed by atoms with van der Waals surface area (Å²) in [5.74, 6) is 0.749. The van der Waals surface area contributed by atoms with Crippen LogP contribution in [0.25, 0.3) is 0 Å². The first-order chi connectivity index (χ1) is 9.16. The lowest BCUT2D eigenvalue weighted by Gasteiger charge is -2.32. The molecule has 0 radical (unpaired) electrons. The van der Waals surface area contributed by atoms with Gasteiger partial charge in [-0.25, -0.2) is 0 Å². The number of ether oxygens (including phenoxy) is 1. The van der Waals surface area contributed by atoms with Gasteiger partial charge in [-0.05, 0) is 26.1 Å². The number of likely N-dealkylation sites (N-methyl/N-ethyl adjacent to an activating group) is 1. The number of benzene rings is 1. The van der Waals surface area contributed by atoms with Crippen LogP contribution in [0, 0.1) is 0 Å². The van der Waals surface area contributed by atoms with Crippen LogP contribution in [0.2, 0.25) is 0 Å². The van der Waals surface area contributed by atoms with Gasteiger partial charge in [0.2, 0.25) is 0 Å². The number of nitrogens with zero attached hydrogens (tertiary/aromatic N) is 2. The molecule has 0 aliphatic carbocycles. The van der Waals surface area contributed by atoms with Crippen LogP contribution in [0.5, 0.6) is 5.75 Å². The maximum atomic E-state index is 11.5. The van der Waals surface area contributed by atoms with Crippen LogP contribution in [0.4, 0.5) is 0 Å². The van der Waals surface area contributed by atoms with Gasteiger partial charge in [0, 0.05) is 32.7 Å². The molecule has 0 N–H and O–H groups in total. The summed E-state index contributed by atoms with van der Waals surface area (Å²) in [7, 11) is 2.15. The summed E-state index contributed by atoms with van der Waals surface area (Å²) in [5.41, 5.74) is 0.667. The third-order valence-corrected chi connectivity index (χ3v) is 3.53. The predicted octanol–water partition coefficient (Wildman–Crippen LogP) is 1.52. The first-order valence-electron chi connectivity index (χ1n) is 6.80. The van der Waals surface area contributed by atoms with Gasteiger partial charge in [0.25, 0.3) is 0 Å². The molecule has 0 spiro atoms. The van der Waals surface area contributed by atoms with E-state index in [0.29, 0.717) is 17.9 Å². The molecular weight excluding hydrogens is 240 g/mol. The van der Waals surface area contributed by atoms with Crippen molar-refractivity contribution in [3.05, 3.63) is 29.8 Å². The number of para-hydroxylation sites is 1. The first-order valence-corrected chi connectivity index (χ1v) is 6.80. The maximum Gasteiger partial charge on any atom is 0.163 e. The lowest BCUT2D eigenvalue weighted by atomic mass is 10.1. The average Bonchev–Trinajstić information content (AvgIpc) is 2.41. The van der Waals surface area contributed by atoms with Crippen LogP contribution >= 0.6 is 0 Å². The number of Topliss-reactive ketones (excluding diaryl/α,β-unsaturated/α-hetero) is 1. The van der Waals surface area contributed by atoms with E-state index in [9.17, 15) is 4.79 Å². The molecule has 1 heterocycles. The van der Waals surface area contributed by atoms with E-state index in [2.05, 4.69) is 16.8 Å². The average molecular weight is 262 g/mol. The number of ketones is 1. The highest BCUT2D eigenvalue weighted by Gasteiger charge is 2.13. The Morgan fingerprint density at radius 3 is 2.58 bits per heavy atom. The van der Waals surface area contributed by atoms with Crippen molar-refractivity contribution in [1.29, 1.82) is 0 Å². The van der Waals surface area contributed by atoms with Gasteiger partial charge >= 0.3 is 0 Å². The monoisotopic (exact) mass is 262 g/mol. The van der Waals surface area contributed by atoms with Crippen molar-refractivity contribution < 1.29 is 9.53 Å². The summed E-state index contributed by atoms with van der Waals surface area (Å²) in [6, 6.07) is 7.44. The zero-order chi connectivity index (χ0) is 13.7. The minimum atomic E-state index is 0.0511. The molecule has 0 aromatic heterocycles. The Labute approximate surface area is 115 Å². The van der Waals surface area contributed by atoms with Gasteiger partial charge in [-0.2, -0.15) is 0 Å². The molecule has 1 aliphatic rings. The van der Waals surface area contributed by atoms with Gasteiger partial charge in [-0.1, -0.05) is 12.1 Å². The lowest BCUT2D eigenvalue weighted by molar-refractivity contribution is 0.101. The number of carbonyl (C=O) groups is 1. The second-order valence-corrected chi connectivity index (χ2v) is 5.05. The van der Waals surface area contributed by atoms with E-state index >= 15 is 0 Å². The second-order valence-electron chi connectivity index (χ2n) is 5.05. The summed E-state index contributed by atoms with van der Waals surface area (Å²) in [4.78, 5) is 16.2. The van der Waals surface area contributed by atoms with E-state index in [1.165, 1.54) is 0 Å². The molecule has 1 aromatic rings. The minimum Gasteiger partial charge on any atom is -0.491 e. The first kappa shape index (κ1) is 14.0. The van der Waals surface area contributed by atoms with Crippen molar-refractivity contribution >= 4 is 5.78 Å². The van der Waals surface area contributed by atoms with E-state index in [1.54, 1.807) is 6.92 Å². The highest BCUT2D eigenvalue weighted by Crippen LogP contribution is 2.18. The van der Waals surface area contributed by atoms with Gasteiger partial charge in [-0.15, -0.1) is 0 Å². The van der Waals surface area contributed by atoms with E-state index in [-0.39, 0.29) is 5.78 Å². The number of carbonyl (C=O) groups excluding carboxylic acids is 1. The fraction of sp³-hybridized carbons (Fsp3) is 0.533. The number of hydrogen-bond donors (Lipinski definition) is 0. The zero-order valence-corrected chi connectivity index (χ0v) is 11.8. The largest absolute Gasteiger partial charge is 0.491 e. The topological polar surface area (TPSA) is 32.8 Å². The van der Waals surface area contributed by atoms with Crippen molar-refractivity contribution in [3.63, 3.8) is 0 Å². The SMILES string of the molecule is CC(=O)c1ccccc1OCCN1CCN(C)CC1. The van der Waals surface area contributed by atoms with E-state index in [4.69, 9.17) is 4.74 Å². The highest BCUT2D eigenvalue weighted by atomic mass is 16.5. The Kier molecular flexibility index (Phi) is 4.93. The van der Waals surface area contributed by atoms with Crippen molar-refractivity contribution in [1.82, 2.24) is 9.80 Å². The molecule has 0 bridgehead atoms. The summed E-state index contributed by atoms with van der Waals surface area (Å²) in [6.45, 7) is 7.53. The fourth-order valence-electron chi connectivity index (χ4n) is 2.24. The Morgan fingerprint density at radius 2 is 1.89 bits per heavy atom. The zero-order valence-electron chi connectivity index (χ0n) is 11.8. The molecule has 1 aliphatic heterocycles. The van der Waals surface area contributed by atoms with Gasteiger partial charge in [-0.3, -0.25) is 9.69 Å². The Bertz CT molecular complexity index is 426. The minimum absolute atomic E-state index is 0.0511. The number of piperazine rings is 1. The summed E-state index contributed by atoms with van der Waals surface area (Å²) in [5, 5.41) is 0. The third-order valence-electron chi connectivity index (χ3n) is 3.53. The molecule has 0 atom stereocenters. The molecule has 4 nitrogen and oxygen atoms in total. The highest BCUT2D eigenvalue weighted by molar-refractivity contribution is 5.96. The number of hydrogen-bond acceptors (Lipinski definition) is 4. The van der Waals surface area contributed by atoms with Gasteiger partial charge < -0.3 is 9.64 Å². The van der Waals surface area contributed by atoms with E-state index in [0.717, 1.165) is 32.7 Å². The van der Waals surface area contributed by atoms with Crippen LogP contribution in [-0.2, 0) is 0 Å². The molecule has 19 heavy (non-hydrogen) atoms. The molecule has 1 fully saturated rings. The summed E-state index contributed by atoms with van der Waals surface area (Å²) < 4.78 is 5.75. The summed E-state index contributed by atoms with van der Waals surface area (Å²) >= 11 is 0. The second kappa shape index (κ2) is 6.68. The van der Waals surface area contributed by atoms with Crippen molar-refractivity contribution in [3.8, 4) is 5.75 Å². The molecule has 4 heteroatoms. The molecule has 1 aromatic carbocycles. The number of rotatable bonds is 5. The van der Waals surface area contributed by atoms with Crippen LogP contribution in [-0.4, -0.2) is 62.0 Å². The smallest absolute Gasteiger partial charge is 0.163 e. The predicted molar refractivity (Wildman–Crippen MR) is 75.9 cm³/mol. The summed E-state index contributed by atoms with van der Waals surface area (Å²) in [6.07, 6.45) is 0. The van der Waals surface area contributed by atoms with E-state index in [1.807, 2.05) is 24.3 Å². The Balaban J connectivity index is 1.81. The molecule has 0 saturated carbocycles. The van der Waals surface area contributed by atoms with E-state index < -0.39 is 0 Å². The van der Waals surface area contributed by atoms with Crippen LogP contribution < -0.4 is 4.74 Å². The van der Waals surface area contributed by atoms with Crippen molar-refractivity contribution in [2.24, 2.45) is 0 Å². The molecular formula is C15H22N2O2. The standard InChI is InChI=1S/C15H22N2O2/c1-13(18)14-5-3-4-6-15(14)19-12-11-17-9-7-16(2)8-10-17/h3-6H,7-12H2,1-2H3. The van der Waals surface area contributed by atoms with Crippen LogP contribution in [0.1, 0.15) is 17.3 Å². The van der Waals surface area contributed by atoms with Gasteiger partial charge in [0.15, 0.2) is 5.78 Å². The van der Waals surface area contributed by atoms with Crippen LogP contribution in [0.3, 0.4) is 0 Å². The Hall–Kier alpha value is -1.39. The van der Waals surface area contributed by atoms with Crippen molar-refractivity contribution in [2.75, 3.05) is 46.4 Å². The van der Waals surface area contributed by atoms with Gasteiger partial charge in [0.1, 0.15) is 12.4 Å². The fourth-order valence-corrected chi connectivity index (χ4v) is 2.24. The molecule has 0 unspecified atom stereocenters. The quantitative estimate of drug-likeness (QED) is 0.753. The van der Waals surface area contributed by atoms with Gasteiger partial charge in [0.05, 0.1) is 5.56 Å². The third kappa shape index (κ3) is 4.04. The van der Waals surface area contributed by atoms with Crippen molar-refractivity contribution in [2.45, 2.75) is 6.92 Å². The lowest BCUT2D eigenvalue weighted by Crippen LogP contribution is -2.45. The molecule has 0 amide bonds. The maximum absolute atomic E-state index is 11.5. The van der Waals surface area contributed by atoms with Crippen LogP contribution in [0.15, 0.2) is 24.3 Å².